The normalized spacial score (nSPS) is 13.2. The Labute approximate surface area is 195 Å². The maximum absolute atomic E-state index is 14.7. The highest BCUT2D eigenvalue weighted by Crippen LogP contribution is 2.40. The van der Waals surface area contributed by atoms with Gasteiger partial charge in [-0.05, 0) is 60.2 Å². The number of benzene rings is 2. The monoisotopic (exact) mass is 517 g/mol. The van der Waals surface area contributed by atoms with Crippen molar-refractivity contribution in [2.75, 3.05) is 0 Å². The van der Waals surface area contributed by atoms with Gasteiger partial charge >= 0.3 is 12.1 Å². The van der Waals surface area contributed by atoms with Crippen LogP contribution in [0.2, 0.25) is 5.02 Å². The molecule has 1 unspecified atom stereocenters. The summed E-state index contributed by atoms with van der Waals surface area (Å²) >= 11 is 6.14. The first-order valence-electron chi connectivity index (χ1n) is 9.23. The van der Waals surface area contributed by atoms with Crippen LogP contribution in [-0.4, -0.2) is 24.5 Å². The highest BCUT2D eigenvalue weighted by atomic mass is 35.5. The Hall–Kier alpha value is -3.31. The molecule has 0 aliphatic rings. The van der Waals surface area contributed by atoms with Crippen molar-refractivity contribution in [3.63, 3.8) is 0 Å². The predicted octanol–water partition coefficient (Wildman–Crippen LogP) is 5.69. The number of carbonyl (C=O) groups is 1. The van der Waals surface area contributed by atoms with Crippen molar-refractivity contribution >= 4 is 33.5 Å². The van der Waals surface area contributed by atoms with Crippen molar-refractivity contribution in [2.24, 2.45) is 0 Å². The Morgan fingerprint density at radius 2 is 1.68 bits per heavy atom. The van der Waals surface area contributed by atoms with Crippen LogP contribution in [-0.2, 0) is 20.8 Å². The quantitative estimate of drug-likeness (QED) is 0.335. The molecule has 0 saturated carbocycles. The van der Waals surface area contributed by atoms with Gasteiger partial charge in [0.1, 0.15) is 16.9 Å². The summed E-state index contributed by atoms with van der Waals surface area (Å²) in [5, 5.41) is 6.53. The molecule has 0 saturated heterocycles. The first-order valence-corrected chi connectivity index (χ1v) is 11.2. The molecule has 0 fully saturated rings. The van der Waals surface area contributed by atoms with Crippen LogP contribution in [0.3, 0.4) is 0 Å². The van der Waals surface area contributed by atoms with Crippen molar-refractivity contribution in [1.82, 2.24) is 4.98 Å². The molecule has 2 aromatic carbocycles. The lowest BCUT2D eigenvalue weighted by Crippen LogP contribution is -2.18. The number of halogens is 6. The van der Waals surface area contributed by atoms with E-state index in [1.165, 1.54) is 0 Å². The number of rotatable bonds is 6. The number of carboxylic acids is 1. The zero-order chi connectivity index (χ0) is 25.3. The molecular formula is C22H13ClF5NO4S. The number of hydrogen-bond donors (Lipinski definition) is 1. The standard InChI is InChI=1S/C22H13ClF5NO4S/c23-18-11-29-14(4-8-20(30)31)10-16(18)21(17-9-13(24)3-7-19(17)25)34(32,33)15-5-1-12(2-6-15)22(26,27)28/h1-11,21H,(H,30,31). The Morgan fingerprint density at radius 1 is 1.03 bits per heavy atom. The van der Waals surface area contributed by atoms with Gasteiger partial charge in [0, 0.05) is 17.8 Å². The average Bonchev–Trinajstić information content (AvgIpc) is 2.76. The van der Waals surface area contributed by atoms with Crippen molar-refractivity contribution < 1.29 is 40.3 Å². The Balaban J connectivity index is 2.27. The maximum Gasteiger partial charge on any atom is 0.416 e. The molecule has 178 valence electrons. The van der Waals surface area contributed by atoms with Crippen LogP contribution in [0.25, 0.3) is 6.08 Å². The summed E-state index contributed by atoms with van der Waals surface area (Å²) in [6.45, 7) is 0. The van der Waals surface area contributed by atoms with Crippen LogP contribution in [0, 0.1) is 11.6 Å². The van der Waals surface area contributed by atoms with Gasteiger partial charge in [-0.2, -0.15) is 13.2 Å². The lowest BCUT2D eigenvalue weighted by molar-refractivity contribution is -0.137. The minimum atomic E-state index is -4.73. The molecular weight excluding hydrogens is 505 g/mol. The lowest BCUT2D eigenvalue weighted by atomic mass is 10.0. The van der Waals surface area contributed by atoms with Crippen LogP contribution in [0.15, 0.2) is 65.7 Å². The second-order valence-corrected chi connectivity index (χ2v) is 9.36. The molecule has 0 amide bonds. The molecule has 34 heavy (non-hydrogen) atoms. The molecule has 3 aromatic rings. The van der Waals surface area contributed by atoms with E-state index in [2.05, 4.69) is 4.98 Å². The summed E-state index contributed by atoms with van der Waals surface area (Å²) in [5.74, 6) is -3.42. The number of alkyl halides is 3. The topological polar surface area (TPSA) is 84.3 Å². The molecule has 1 N–H and O–H groups in total. The van der Waals surface area contributed by atoms with Crippen LogP contribution in [0.1, 0.15) is 27.6 Å². The molecule has 0 bridgehead atoms. The van der Waals surface area contributed by atoms with Gasteiger partial charge in [-0.25, -0.2) is 22.0 Å². The fourth-order valence-corrected chi connectivity index (χ4v) is 5.22. The van der Waals surface area contributed by atoms with Gasteiger partial charge in [0.2, 0.25) is 0 Å². The summed E-state index contributed by atoms with van der Waals surface area (Å²) in [5.41, 5.74) is -2.11. The van der Waals surface area contributed by atoms with Crippen molar-refractivity contribution in [3.05, 3.63) is 99.8 Å². The van der Waals surface area contributed by atoms with Crippen molar-refractivity contribution in [1.29, 1.82) is 0 Å². The van der Waals surface area contributed by atoms with E-state index >= 15 is 0 Å². The third-order valence-corrected chi connectivity index (χ3v) is 7.02. The minimum absolute atomic E-state index is 0.0637. The molecule has 12 heteroatoms. The zero-order valence-electron chi connectivity index (χ0n) is 16.7. The number of aromatic nitrogens is 1. The van der Waals surface area contributed by atoms with Gasteiger partial charge < -0.3 is 5.11 Å². The van der Waals surface area contributed by atoms with Crippen molar-refractivity contribution in [2.45, 2.75) is 16.3 Å². The molecule has 0 aliphatic heterocycles. The van der Waals surface area contributed by atoms with Crippen LogP contribution in [0.4, 0.5) is 22.0 Å². The van der Waals surface area contributed by atoms with Crippen LogP contribution in [0.5, 0.6) is 0 Å². The number of carboxylic acid groups (broad SMARTS) is 1. The fraction of sp³-hybridized carbons (Fsp3) is 0.0909. The zero-order valence-corrected chi connectivity index (χ0v) is 18.3. The first-order chi connectivity index (χ1) is 15.8. The molecule has 0 spiro atoms. The van der Waals surface area contributed by atoms with Crippen molar-refractivity contribution in [3.8, 4) is 0 Å². The number of hydrogen-bond acceptors (Lipinski definition) is 4. The number of sulfone groups is 1. The predicted molar refractivity (Wildman–Crippen MR) is 113 cm³/mol. The number of nitrogens with zero attached hydrogens (tertiary/aromatic N) is 1. The Kier molecular flexibility index (Phi) is 7.08. The highest BCUT2D eigenvalue weighted by Gasteiger charge is 2.36. The van der Waals surface area contributed by atoms with E-state index in [1.807, 2.05) is 0 Å². The molecule has 3 rings (SSSR count). The maximum atomic E-state index is 14.7. The number of aliphatic carboxylic acids is 1. The van der Waals surface area contributed by atoms with Gasteiger partial charge in [0.15, 0.2) is 9.84 Å². The van der Waals surface area contributed by atoms with E-state index in [0.29, 0.717) is 42.5 Å². The fourth-order valence-electron chi connectivity index (χ4n) is 3.11. The Morgan fingerprint density at radius 3 is 2.26 bits per heavy atom. The summed E-state index contributed by atoms with van der Waals surface area (Å²) in [6.07, 6.45) is -2.00. The van der Waals surface area contributed by atoms with E-state index in [0.717, 1.165) is 24.4 Å². The van der Waals surface area contributed by atoms with E-state index in [1.54, 1.807) is 0 Å². The van der Waals surface area contributed by atoms with E-state index in [9.17, 15) is 35.2 Å². The molecule has 1 atom stereocenters. The first kappa shape index (κ1) is 25.3. The lowest BCUT2D eigenvalue weighted by Gasteiger charge is -2.21. The summed E-state index contributed by atoms with van der Waals surface area (Å²) in [4.78, 5) is 14.0. The number of pyridine rings is 1. The van der Waals surface area contributed by atoms with E-state index in [4.69, 9.17) is 16.7 Å². The van der Waals surface area contributed by atoms with E-state index in [-0.39, 0.29) is 16.3 Å². The molecule has 0 aliphatic carbocycles. The van der Waals surface area contributed by atoms with E-state index < -0.39 is 54.9 Å². The summed E-state index contributed by atoms with van der Waals surface area (Å²) < 4.78 is 94.5. The second-order valence-electron chi connectivity index (χ2n) is 6.92. The largest absolute Gasteiger partial charge is 0.478 e. The summed E-state index contributed by atoms with van der Waals surface area (Å²) in [7, 11) is -4.71. The van der Waals surface area contributed by atoms with Crippen LogP contribution < -0.4 is 0 Å². The Bertz CT molecular complexity index is 1370. The molecule has 0 radical (unpaired) electrons. The van der Waals surface area contributed by atoms with Gasteiger partial charge in [-0.15, -0.1) is 0 Å². The third-order valence-electron chi connectivity index (χ3n) is 4.65. The molecule has 5 nitrogen and oxygen atoms in total. The second kappa shape index (κ2) is 9.51. The summed E-state index contributed by atoms with van der Waals surface area (Å²) in [6, 6.07) is 5.63. The van der Waals surface area contributed by atoms with Gasteiger partial charge in [0.05, 0.1) is 21.2 Å². The smallest absolute Gasteiger partial charge is 0.416 e. The van der Waals surface area contributed by atoms with Crippen LogP contribution >= 0.6 is 11.6 Å². The minimum Gasteiger partial charge on any atom is -0.478 e. The third kappa shape index (κ3) is 5.42. The van der Waals surface area contributed by atoms with Gasteiger partial charge in [-0.1, -0.05) is 11.6 Å². The highest BCUT2D eigenvalue weighted by molar-refractivity contribution is 7.92. The molecule has 1 aromatic heterocycles. The SMILES string of the molecule is O=C(O)C=Cc1cc(C(c2cc(F)ccc2F)S(=O)(=O)c2ccc(C(F)(F)F)cc2)c(Cl)cn1. The van der Waals surface area contributed by atoms with Gasteiger partial charge in [-0.3, -0.25) is 4.98 Å². The average molecular weight is 518 g/mol. The van der Waals surface area contributed by atoms with Gasteiger partial charge in [0.25, 0.3) is 0 Å². The molecule has 1 heterocycles.